The molecule has 1 aromatic heterocycles. The Morgan fingerprint density at radius 1 is 1.30 bits per heavy atom. The number of guanidine groups is 1. The highest BCUT2D eigenvalue weighted by Crippen LogP contribution is 2.13. The third kappa shape index (κ3) is 7.14. The predicted molar refractivity (Wildman–Crippen MR) is 122 cm³/mol. The Kier molecular flexibility index (Phi) is 9.06. The van der Waals surface area contributed by atoms with Gasteiger partial charge in [0.2, 0.25) is 0 Å². The zero-order valence-corrected chi connectivity index (χ0v) is 18.6. The Morgan fingerprint density at radius 2 is 2.11 bits per heavy atom. The molecule has 2 heterocycles. The first-order valence-corrected chi connectivity index (χ1v) is 9.45. The fourth-order valence-electron chi connectivity index (χ4n) is 3.42. The van der Waals surface area contributed by atoms with E-state index in [4.69, 9.17) is 0 Å². The molecule has 1 aliphatic heterocycles. The first-order valence-electron chi connectivity index (χ1n) is 9.45. The average Bonchev–Trinajstić information content (AvgIpc) is 3.07. The topological polar surface area (TPSA) is 57.5 Å². The van der Waals surface area contributed by atoms with Crippen LogP contribution in [0.4, 0.5) is 0 Å². The fraction of sp³-hybridized carbons (Fsp3) is 0.500. The van der Waals surface area contributed by atoms with Crippen LogP contribution in [0.2, 0.25) is 0 Å². The van der Waals surface area contributed by atoms with Gasteiger partial charge in [0.05, 0.1) is 12.7 Å². The summed E-state index contributed by atoms with van der Waals surface area (Å²) in [7, 11) is 1.83. The van der Waals surface area contributed by atoms with Crippen molar-refractivity contribution in [1.29, 1.82) is 0 Å². The minimum Gasteiger partial charge on any atom is -0.355 e. The van der Waals surface area contributed by atoms with Gasteiger partial charge < -0.3 is 10.6 Å². The smallest absolute Gasteiger partial charge is 0.191 e. The molecule has 1 aromatic carbocycles. The maximum atomic E-state index is 4.37. The second kappa shape index (κ2) is 11.3. The molecule has 1 unspecified atom stereocenters. The summed E-state index contributed by atoms with van der Waals surface area (Å²) < 4.78 is 1.96. The molecule has 2 N–H and O–H groups in total. The second-order valence-corrected chi connectivity index (χ2v) is 6.98. The first kappa shape index (κ1) is 21.7. The first-order chi connectivity index (χ1) is 12.7. The van der Waals surface area contributed by atoms with E-state index in [0.29, 0.717) is 6.04 Å². The summed E-state index contributed by atoms with van der Waals surface area (Å²) in [4.78, 5) is 6.90. The summed E-state index contributed by atoms with van der Waals surface area (Å²) in [5, 5.41) is 11.3. The lowest BCUT2D eigenvalue weighted by Crippen LogP contribution is -2.51. The summed E-state index contributed by atoms with van der Waals surface area (Å²) in [6, 6.07) is 11.1. The van der Waals surface area contributed by atoms with Gasteiger partial charge >= 0.3 is 0 Å². The second-order valence-electron chi connectivity index (χ2n) is 6.98. The molecular weight excluding hydrogens is 451 g/mol. The number of hydrogen-bond donors (Lipinski definition) is 2. The van der Waals surface area contributed by atoms with Crippen molar-refractivity contribution >= 4 is 29.9 Å². The van der Waals surface area contributed by atoms with Crippen LogP contribution >= 0.6 is 24.0 Å². The number of aliphatic imine (C=N–C) groups is 1. The van der Waals surface area contributed by atoms with Gasteiger partial charge in [0.25, 0.3) is 0 Å². The molecule has 0 spiro atoms. The highest BCUT2D eigenvalue weighted by molar-refractivity contribution is 14.0. The lowest BCUT2D eigenvalue weighted by atomic mass is 10.0. The SMILES string of the molecule is CN=C(NCCn1cc(C)cn1)NC1CCCN(Cc2ccccc2)C1.I. The van der Waals surface area contributed by atoms with Gasteiger partial charge in [-0.3, -0.25) is 14.6 Å². The molecule has 27 heavy (non-hydrogen) atoms. The van der Waals surface area contributed by atoms with Crippen molar-refractivity contribution in [3.05, 3.63) is 53.9 Å². The van der Waals surface area contributed by atoms with Crippen molar-refractivity contribution in [2.24, 2.45) is 4.99 Å². The molecule has 1 saturated heterocycles. The Labute approximate surface area is 179 Å². The van der Waals surface area contributed by atoms with Crippen LogP contribution in [-0.4, -0.2) is 53.4 Å². The van der Waals surface area contributed by atoms with E-state index in [2.05, 4.69) is 69.1 Å². The van der Waals surface area contributed by atoms with Gasteiger partial charge in [-0.15, -0.1) is 24.0 Å². The molecule has 148 valence electrons. The third-order valence-corrected chi connectivity index (χ3v) is 4.71. The molecule has 0 bridgehead atoms. The molecule has 0 radical (unpaired) electrons. The molecule has 7 heteroatoms. The molecule has 0 saturated carbocycles. The van der Waals surface area contributed by atoms with Crippen LogP contribution in [0.25, 0.3) is 0 Å². The molecular formula is C20H31IN6. The number of rotatable bonds is 6. The third-order valence-electron chi connectivity index (χ3n) is 4.71. The van der Waals surface area contributed by atoms with Gasteiger partial charge in [-0.25, -0.2) is 0 Å². The number of aromatic nitrogens is 2. The maximum Gasteiger partial charge on any atom is 0.191 e. The minimum absolute atomic E-state index is 0. The van der Waals surface area contributed by atoms with Gasteiger partial charge in [-0.1, -0.05) is 30.3 Å². The summed E-state index contributed by atoms with van der Waals surface area (Å²) in [6.07, 6.45) is 6.34. The minimum atomic E-state index is 0. The Bertz CT molecular complexity index is 700. The molecule has 1 fully saturated rings. The van der Waals surface area contributed by atoms with E-state index in [0.717, 1.165) is 38.7 Å². The Hall–Kier alpha value is -1.61. The van der Waals surface area contributed by atoms with E-state index in [1.165, 1.54) is 24.0 Å². The van der Waals surface area contributed by atoms with Crippen molar-refractivity contribution in [3.8, 4) is 0 Å². The van der Waals surface area contributed by atoms with Crippen molar-refractivity contribution in [3.63, 3.8) is 0 Å². The number of halogens is 1. The summed E-state index contributed by atoms with van der Waals surface area (Å²) >= 11 is 0. The van der Waals surface area contributed by atoms with Crippen molar-refractivity contribution < 1.29 is 0 Å². The van der Waals surface area contributed by atoms with E-state index in [-0.39, 0.29) is 24.0 Å². The van der Waals surface area contributed by atoms with Crippen LogP contribution in [0.3, 0.4) is 0 Å². The number of likely N-dealkylation sites (tertiary alicyclic amines) is 1. The van der Waals surface area contributed by atoms with E-state index < -0.39 is 0 Å². The average molecular weight is 482 g/mol. The largest absolute Gasteiger partial charge is 0.355 e. The summed E-state index contributed by atoms with van der Waals surface area (Å²) in [5.74, 6) is 0.875. The van der Waals surface area contributed by atoms with Crippen LogP contribution in [0.5, 0.6) is 0 Å². The van der Waals surface area contributed by atoms with Crippen LogP contribution in [0.1, 0.15) is 24.0 Å². The Morgan fingerprint density at radius 3 is 2.81 bits per heavy atom. The molecule has 2 aromatic rings. The van der Waals surface area contributed by atoms with E-state index in [9.17, 15) is 0 Å². The van der Waals surface area contributed by atoms with Crippen molar-refractivity contribution in [2.75, 3.05) is 26.7 Å². The molecule has 1 aliphatic rings. The van der Waals surface area contributed by atoms with E-state index in [1.54, 1.807) is 0 Å². The predicted octanol–water partition coefficient (Wildman–Crippen LogP) is 2.64. The van der Waals surface area contributed by atoms with Crippen molar-refractivity contribution in [2.45, 2.75) is 38.9 Å². The van der Waals surface area contributed by atoms with Gasteiger partial charge in [0, 0.05) is 38.9 Å². The Balaban J connectivity index is 0.00000261. The van der Waals surface area contributed by atoms with E-state index in [1.807, 2.05) is 17.9 Å². The highest BCUT2D eigenvalue weighted by Gasteiger charge is 2.20. The zero-order valence-electron chi connectivity index (χ0n) is 16.3. The lowest BCUT2D eigenvalue weighted by Gasteiger charge is -2.34. The number of nitrogens with zero attached hydrogens (tertiary/aromatic N) is 4. The van der Waals surface area contributed by atoms with Gasteiger partial charge in [0.15, 0.2) is 5.96 Å². The lowest BCUT2D eigenvalue weighted by molar-refractivity contribution is 0.192. The van der Waals surface area contributed by atoms with Crippen LogP contribution < -0.4 is 10.6 Å². The molecule has 6 nitrogen and oxygen atoms in total. The standard InChI is InChI=1S/C20H30N6.HI/c1-17-13-23-26(14-17)12-10-22-20(21-2)24-19-9-6-11-25(16-19)15-18-7-4-3-5-8-18;/h3-5,7-8,13-14,19H,6,9-12,15-16H2,1-2H3,(H2,21,22,24);1H. The monoisotopic (exact) mass is 482 g/mol. The number of aryl methyl sites for hydroxylation is 1. The molecule has 1 atom stereocenters. The number of benzene rings is 1. The molecule has 3 rings (SSSR count). The van der Waals surface area contributed by atoms with Crippen LogP contribution in [0.15, 0.2) is 47.7 Å². The zero-order chi connectivity index (χ0) is 18.2. The van der Waals surface area contributed by atoms with Gasteiger partial charge in [0.1, 0.15) is 0 Å². The summed E-state index contributed by atoms with van der Waals surface area (Å²) in [5.41, 5.74) is 2.57. The van der Waals surface area contributed by atoms with Crippen LogP contribution in [-0.2, 0) is 13.1 Å². The number of piperidine rings is 1. The quantitative estimate of drug-likeness (QED) is 0.378. The number of hydrogen-bond acceptors (Lipinski definition) is 3. The van der Waals surface area contributed by atoms with Gasteiger partial charge in [-0.2, -0.15) is 5.10 Å². The molecule has 0 aliphatic carbocycles. The van der Waals surface area contributed by atoms with Gasteiger partial charge in [-0.05, 0) is 37.4 Å². The maximum absolute atomic E-state index is 4.37. The van der Waals surface area contributed by atoms with Crippen LogP contribution in [0, 0.1) is 6.92 Å². The fourth-order valence-corrected chi connectivity index (χ4v) is 3.42. The van der Waals surface area contributed by atoms with E-state index >= 15 is 0 Å². The summed E-state index contributed by atoms with van der Waals surface area (Å²) in [6.45, 7) is 6.93. The highest BCUT2D eigenvalue weighted by atomic mass is 127. The molecule has 0 amide bonds. The normalized spacial score (nSPS) is 18.0. The van der Waals surface area contributed by atoms with Crippen molar-refractivity contribution in [1.82, 2.24) is 25.3 Å². The number of nitrogens with one attached hydrogen (secondary N) is 2.